The molecule has 0 atom stereocenters. The molecule has 0 bridgehead atoms. The van der Waals surface area contributed by atoms with E-state index in [1.165, 1.54) is 10.4 Å². The zero-order valence-electron chi connectivity index (χ0n) is 38.6. The van der Waals surface area contributed by atoms with Crippen LogP contribution in [-0.2, 0) is 0 Å². The minimum Gasteiger partial charge on any atom is -0.456 e. The third-order valence-corrected chi connectivity index (χ3v) is 18.0. The maximum absolute atomic E-state index is 7.15. The van der Waals surface area contributed by atoms with Crippen molar-refractivity contribution in [1.29, 1.82) is 0 Å². The summed E-state index contributed by atoms with van der Waals surface area (Å²) in [5.41, 5.74) is 16.4. The third-order valence-electron chi connectivity index (χ3n) is 14.4. The number of rotatable bonds is 8. The largest absolute Gasteiger partial charge is 0.456 e. The topological polar surface area (TPSA) is 45.9 Å². The number of hydrogen-bond donors (Lipinski definition) is 0. The molecule has 0 saturated heterocycles. The van der Waals surface area contributed by atoms with Gasteiger partial charge in [-0.3, -0.25) is 0 Å². The Labute approximate surface area is 405 Å². The van der Waals surface area contributed by atoms with Gasteiger partial charge in [0.1, 0.15) is 41.7 Å². The zero-order valence-corrected chi connectivity index (χ0v) is 39.6. The number of furan rings is 3. The van der Waals surface area contributed by atoms with Gasteiger partial charge >= 0.3 is 0 Å². The Hall–Kier alpha value is -8.84. The number of fused-ring (bicyclic) bond motifs is 11. The molecule has 0 unspecified atom stereocenters. The first kappa shape index (κ1) is 40.2. The van der Waals surface area contributed by atoms with Crippen LogP contribution in [0.2, 0.25) is 13.1 Å². The van der Waals surface area contributed by atoms with Gasteiger partial charge in [0.05, 0.1) is 33.5 Å². The molecular formula is C64H44N2O3Si. The number of hydrogen-bond acceptors (Lipinski definition) is 5. The summed E-state index contributed by atoms with van der Waals surface area (Å²) in [5.74, 6) is 0.961. The van der Waals surface area contributed by atoms with Crippen molar-refractivity contribution in [2.24, 2.45) is 0 Å². The standard InChI is InChI=1S/C64H44N2O3Si/c1-70(2)60-38-36-44(66(52-28-14-10-24-46(52)42-21-7-4-8-22-42)54-30-18-34-59-62(54)48-26-12-16-32-56(48)68-59)40-50(60)63-64(70)49-39-43(35-37-57(49)69-63)65(51-27-13-9-23-45(51)41-19-5-3-6-20-41)53-29-17-33-58-61(53)47-25-11-15-31-55(47)67-58/h3-40H,1-2H3. The molecule has 0 spiro atoms. The highest BCUT2D eigenvalue weighted by molar-refractivity contribution is 7.05. The average Bonchev–Trinajstić information content (AvgIpc) is 4.16. The molecule has 10 aromatic carbocycles. The minimum absolute atomic E-state index is 0.851. The molecule has 0 fully saturated rings. The number of para-hydroxylation sites is 4. The first-order chi connectivity index (χ1) is 34.5. The predicted octanol–water partition coefficient (Wildman–Crippen LogP) is 17.3. The smallest absolute Gasteiger partial charge is 0.137 e. The highest BCUT2D eigenvalue weighted by Crippen LogP contribution is 2.50. The van der Waals surface area contributed by atoms with Crippen LogP contribution in [0.3, 0.4) is 0 Å². The lowest BCUT2D eigenvalue weighted by atomic mass is 10.0. The Morgan fingerprint density at radius 1 is 0.329 bits per heavy atom. The Balaban J connectivity index is 0.981. The van der Waals surface area contributed by atoms with Gasteiger partial charge in [0.2, 0.25) is 0 Å². The van der Waals surface area contributed by atoms with Gasteiger partial charge in [-0.25, -0.2) is 0 Å². The van der Waals surface area contributed by atoms with Crippen molar-refractivity contribution in [2.45, 2.75) is 13.1 Å². The van der Waals surface area contributed by atoms with Gasteiger partial charge in [0.25, 0.3) is 0 Å². The normalized spacial score (nSPS) is 12.8. The lowest BCUT2D eigenvalue weighted by Gasteiger charge is -2.29. The van der Waals surface area contributed by atoms with E-state index in [9.17, 15) is 0 Å². The van der Waals surface area contributed by atoms with E-state index in [0.29, 0.717) is 0 Å². The van der Waals surface area contributed by atoms with Crippen LogP contribution in [0, 0.1) is 0 Å². The van der Waals surface area contributed by atoms with Crippen molar-refractivity contribution in [3.63, 3.8) is 0 Å². The Morgan fingerprint density at radius 3 is 1.34 bits per heavy atom. The molecule has 0 radical (unpaired) electrons. The van der Waals surface area contributed by atoms with Gasteiger partial charge in [0.15, 0.2) is 0 Å². The molecule has 13 aromatic rings. The highest BCUT2D eigenvalue weighted by Gasteiger charge is 2.43. The van der Waals surface area contributed by atoms with E-state index in [1.54, 1.807) is 0 Å². The lowest BCUT2D eigenvalue weighted by molar-refractivity contribution is 0.635. The van der Waals surface area contributed by atoms with E-state index in [0.717, 1.165) is 123 Å². The van der Waals surface area contributed by atoms with Gasteiger partial charge in [-0.15, -0.1) is 0 Å². The Morgan fingerprint density at radius 2 is 0.771 bits per heavy atom. The van der Waals surface area contributed by atoms with Gasteiger partial charge in [-0.1, -0.05) is 165 Å². The molecule has 3 aromatic heterocycles. The fourth-order valence-electron chi connectivity index (χ4n) is 11.3. The van der Waals surface area contributed by atoms with Gasteiger partial charge in [-0.2, -0.15) is 0 Å². The van der Waals surface area contributed by atoms with Crippen LogP contribution in [0.15, 0.2) is 244 Å². The van der Waals surface area contributed by atoms with Crippen molar-refractivity contribution >= 4 is 107 Å². The summed E-state index contributed by atoms with van der Waals surface area (Å²) in [4.78, 5) is 4.84. The molecule has 332 valence electrons. The number of anilines is 6. The van der Waals surface area contributed by atoms with Crippen LogP contribution in [0.5, 0.6) is 0 Å². The second kappa shape index (κ2) is 15.6. The van der Waals surface area contributed by atoms with Crippen molar-refractivity contribution < 1.29 is 13.3 Å². The number of nitrogens with zero attached hydrogens (tertiary/aromatic N) is 2. The third kappa shape index (κ3) is 6.10. The van der Waals surface area contributed by atoms with Crippen molar-refractivity contribution in [3.05, 3.63) is 231 Å². The maximum atomic E-state index is 7.15. The quantitative estimate of drug-likeness (QED) is 0.142. The molecule has 0 saturated carbocycles. The molecule has 0 amide bonds. The molecule has 5 nitrogen and oxygen atoms in total. The molecule has 0 N–H and O–H groups in total. The molecule has 14 rings (SSSR count). The van der Waals surface area contributed by atoms with Crippen LogP contribution in [0.4, 0.5) is 34.1 Å². The van der Waals surface area contributed by atoms with E-state index in [-0.39, 0.29) is 0 Å². The molecule has 70 heavy (non-hydrogen) atoms. The predicted molar refractivity (Wildman–Crippen MR) is 293 cm³/mol. The van der Waals surface area contributed by atoms with Gasteiger partial charge < -0.3 is 23.1 Å². The summed E-state index contributed by atoms with van der Waals surface area (Å²) in [6.07, 6.45) is 0. The first-order valence-electron chi connectivity index (χ1n) is 23.9. The van der Waals surface area contributed by atoms with E-state index < -0.39 is 8.07 Å². The maximum Gasteiger partial charge on any atom is 0.137 e. The van der Waals surface area contributed by atoms with Crippen molar-refractivity contribution in [3.8, 4) is 33.6 Å². The summed E-state index contributed by atoms with van der Waals surface area (Å²) in [5, 5.41) is 8.14. The van der Waals surface area contributed by atoms with E-state index in [2.05, 4.69) is 241 Å². The summed E-state index contributed by atoms with van der Waals surface area (Å²) in [6.45, 7) is 4.95. The molecular weight excluding hydrogens is 873 g/mol. The second-order valence-electron chi connectivity index (χ2n) is 18.8. The van der Waals surface area contributed by atoms with Crippen LogP contribution >= 0.6 is 0 Å². The molecule has 4 heterocycles. The van der Waals surface area contributed by atoms with E-state index in [1.807, 2.05) is 12.1 Å². The average molecular weight is 917 g/mol. The molecule has 0 aliphatic carbocycles. The van der Waals surface area contributed by atoms with Gasteiger partial charge in [0, 0.05) is 44.2 Å². The van der Waals surface area contributed by atoms with Gasteiger partial charge in [-0.05, 0) is 100 Å². The second-order valence-corrected chi connectivity index (χ2v) is 23.1. The number of benzene rings is 10. The fourth-order valence-corrected chi connectivity index (χ4v) is 14.6. The minimum atomic E-state index is -2.35. The Bertz CT molecular complexity index is 4180. The van der Waals surface area contributed by atoms with E-state index in [4.69, 9.17) is 13.3 Å². The van der Waals surface area contributed by atoms with Crippen molar-refractivity contribution in [1.82, 2.24) is 0 Å². The Kier molecular flexibility index (Phi) is 8.97. The van der Waals surface area contributed by atoms with Crippen LogP contribution in [0.25, 0.3) is 88.4 Å². The van der Waals surface area contributed by atoms with Crippen LogP contribution < -0.4 is 20.2 Å². The summed E-state index contributed by atoms with van der Waals surface area (Å²) in [7, 11) is -2.35. The zero-order chi connectivity index (χ0) is 46.5. The molecule has 6 heteroatoms. The SMILES string of the molecule is C[Si]1(C)c2ccc(N(c3ccccc3-c3ccccc3)c3cccc4oc5ccccc5c34)cc2-c2oc3ccc(N(c4ccccc4-c4ccccc4)c4cccc5oc6ccccc6c45)cc3c21. The molecule has 1 aliphatic heterocycles. The lowest BCUT2D eigenvalue weighted by Crippen LogP contribution is -2.49. The monoisotopic (exact) mass is 916 g/mol. The van der Waals surface area contributed by atoms with Crippen molar-refractivity contribution in [2.75, 3.05) is 9.80 Å². The first-order valence-corrected chi connectivity index (χ1v) is 26.9. The highest BCUT2D eigenvalue weighted by atomic mass is 28.3. The summed E-state index contributed by atoms with van der Waals surface area (Å²) in [6, 6.07) is 82.1. The van der Waals surface area contributed by atoms with Crippen LogP contribution in [0.1, 0.15) is 0 Å². The summed E-state index contributed by atoms with van der Waals surface area (Å²) < 4.78 is 20.2. The van der Waals surface area contributed by atoms with E-state index >= 15 is 0 Å². The molecule has 1 aliphatic rings. The fraction of sp³-hybridized carbons (Fsp3) is 0.0312. The van der Waals surface area contributed by atoms with Crippen LogP contribution in [-0.4, -0.2) is 8.07 Å². The summed E-state index contributed by atoms with van der Waals surface area (Å²) >= 11 is 0.